The van der Waals surface area contributed by atoms with Gasteiger partial charge in [-0.1, -0.05) is 0 Å². The minimum absolute atomic E-state index is 0.0313. The zero-order valence-electron chi connectivity index (χ0n) is 31.4. The Labute approximate surface area is 308 Å². The third-order valence-electron chi connectivity index (χ3n) is 7.72. The summed E-state index contributed by atoms with van der Waals surface area (Å²) in [5, 5.41) is 2.93. The Morgan fingerprint density at radius 1 is 0.596 bits per heavy atom. The van der Waals surface area contributed by atoms with E-state index >= 15 is 0 Å². The molecule has 0 radical (unpaired) electrons. The first-order valence-electron chi connectivity index (χ1n) is 18.4. The van der Waals surface area contributed by atoms with Crippen molar-refractivity contribution in [2.45, 2.75) is 52.1 Å². The zero-order chi connectivity index (χ0) is 37.7. The van der Waals surface area contributed by atoms with Gasteiger partial charge in [0.05, 0.1) is 112 Å². The quantitative estimate of drug-likeness (QED) is 0.0593. The molecule has 0 saturated heterocycles. The molecular weight excluding hydrogens is 684 g/mol. The molecular formula is C36H62N2O14. The average molecular weight is 747 g/mol. The van der Waals surface area contributed by atoms with Gasteiger partial charge in [-0.05, 0) is 52.4 Å². The van der Waals surface area contributed by atoms with Gasteiger partial charge in [0.15, 0.2) is 0 Å². The first-order chi connectivity index (χ1) is 25.2. The lowest BCUT2D eigenvalue weighted by Gasteiger charge is -2.30. The number of carbonyl (C=O) groups is 4. The van der Waals surface area contributed by atoms with E-state index in [1.54, 1.807) is 0 Å². The summed E-state index contributed by atoms with van der Waals surface area (Å²) in [6, 6.07) is 0. The summed E-state index contributed by atoms with van der Waals surface area (Å²) >= 11 is 0. The van der Waals surface area contributed by atoms with Gasteiger partial charge >= 0.3 is 5.97 Å². The number of ether oxygens (including phenoxy) is 10. The number of nitrogens with zero attached hydrogens (tertiary/aromatic N) is 1. The van der Waals surface area contributed by atoms with Crippen molar-refractivity contribution >= 4 is 23.7 Å². The van der Waals surface area contributed by atoms with Crippen LogP contribution in [0.15, 0.2) is 12.2 Å². The number of hydrogen-bond donors (Lipinski definition) is 1. The predicted molar refractivity (Wildman–Crippen MR) is 188 cm³/mol. The van der Waals surface area contributed by atoms with Gasteiger partial charge in [-0.15, -0.1) is 0 Å². The van der Waals surface area contributed by atoms with Crippen molar-refractivity contribution in [3.63, 3.8) is 0 Å². The maximum Gasteiger partial charge on any atom is 0.332 e. The average Bonchev–Trinajstić information content (AvgIpc) is 3.42. The summed E-state index contributed by atoms with van der Waals surface area (Å²) in [7, 11) is 0. The second-order valence-corrected chi connectivity index (χ2v) is 13.2. The van der Waals surface area contributed by atoms with E-state index in [0.29, 0.717) is 125 Å². The van der Waals surface area contributed by atoms with Crippen molar-refractivity contribution in [2.24, 2.45) is 11.8 Å². The molecule has 2 rings (SSSR count). The lowest BCUT2D eigenvalue weighted by Crippen LogP contribution is -2.39. The highest BCUT2D eigenvalue weighted by Gasteiger charge is 2.31. The highest BCUT2D eigenvalue weighted by Crippen LogP contribution is 2.30. The lowest BCUT2D eigenvalue weighted by molar-refractivity contribution is -0.160. The molecule has 300 valence electrons. The summed E-state index contributed by atoms with van der Waals surface area (Å²) in [5.74, 6) is -0.650. The molecule has 1 aliphatic heterocycles. The topological polar surface area (TPSA) is 176 Å². The number of nitrogens with one attached hydrogen (secondary N) is 1. The van der Waals surface area contributed by atoms with Crippen molar-refractivity contribution in [3.05, 3.63) is 12.2 Å². The van der Waals surface area contributed by atoms with E-state index in [-0.39, 0.29) is 36.2 Å². The van der Waals surface area contributed by atoms with Crippen molar-refractivity contribution < 1.29 is 66.5 Å². The van der Waals surface area contributed by atoms with Crippen molar-refractivity contribution in [2.75, 3.05) is 132 Å². The van der Waals surface area contributed by atoms with Crippen LogP contribution in [0.5, 0.6) is 0 Å². The molecule has 52 heavy (non-hydrogen) atoms. The number of amides is 3. The van der Waals surface area contributed by atoms with E-state index in [2.05, 4.69) is 5.32 Å². The van der Waals surface area contributed by atoms with Crippen LogP contribution < -0.4 is 5.32 Å². The molecule has 1 heterocycles. The second kappa shape index (κ2) is 28.9. The van der Waals surface area contributed by atoms with E-state index in [1.165, 1.54) is 17.1 Å². The Bertz CT molecular complexity index is 995. The first kappa shape index (κ1) is 45.6. The zero-order valence-corrected chi connectivity index (χ0v) is 31.4. The Balaban J connectivity index is 1.20. The van der Waals surface area contributed by atoms with Gasteiger partial charge in [0.1, 0.15) is 12.2 Å². The number of hydrogen-bond acceptors (Lipinski definition) is 14. The Kier molecular flexibility index (Phi) is 25.3. The minimum atomic E-state index is -0.519. The van der Waals surface area contributed by atoms with E-state index in [1.807, 2.05) is 20.8 Å². The van der Waals surface area contributed by atoms with Crippen LogP contribution in [0.2, 0.25) is 0 Å². The molecule has 0 bridgehead atoms. The predicted octanol–water partition coefficient (Wildman–Crippen LogP) is 1.33. The van der Waals surface area contributed by atoms with E-state index in [0.717, 1.165) is 25.7 Å². The van der Waals surface area contributed by atoms with Gasteiger partial charge in [-0.25, -0.2) is 4.79 Å². The van der Waals surface area contributed by atoms with Crippen molar-refractivity contribution in [1.82, 2.24) is 10.2 Å². The minimum Gasteiger partial charge on any atom is -0.458 e. The fraction of sp³-hybridized carbons (Fsp3) is 0.833. The number of esters is 1. The summed E-state index contributed by atoms with van der Waals surface area (Å²) in [6.07, 6.45) is 5.78. The number of rotatable bonds is 32. The van der Waals surface area contributed by atoms with Crippen molar-refractivity contribution in [1.29, 1.82) is 0 Å². The van der Waals surface area contributed by atoms with Gasteiger partial charge in [-0.3, -0.25) is 19.3 Å². The van der Waals surface area contributed by atoms with Crippen LogP contribution in [-0.4, -0.2) is 166 Å². The molecule has 0 unspecified atom stereocenters. The summed E-state index contributed by atoms with van der Waals surface area (Å²) in [6.45, 7) is 13.7. The van der Waals surface area contributed by atoms with Gasteiger partial charge in [0.25, 0.3) is 11.8 Å². The molecule has 0 atom stereocenters. The maximum absolute atomic E-state index is 12.5. The third-order valence-corrected chi connectivity index (χ3v) is 7.72. The normalized spacial score (nSPS) is 17.6. The summed E-state index contributed by atoms with van der Waals surface area (Å²) in [4.78, 5) is 48.8. The highest BCUT2D eigenvalue weighted by atomic mass is 16.6. The highest BCUT2D eigenvalue weighted by molar-refractivity contribution is 6.12. The van der Waals surface area contributed by atoms with Gasteiger partial charge in [-0.2, -0.15) is 0 Å². The van der Waals surface area contributed by atoms with Crippen LogP contribution in [0.1, 0.15) is 46.5 Å². The molecule has 16 nitrogen and oxygen atoms in total. The Morgan fingerprint density at radius 3 is 1.35 bits per heavy atom. The smallest absolute Gasteiger partial charge is 0.332 e. The van der Waals surface area contributed by atoms with Crippen LogP contribution in [0.3, 0.4) is 0 Å². The third kappa shape index (κ3) is 23.9. The molecule has 3 amide bonds. The molecule has 0 spiro atoms. The molecule has 1 aliphatic carbocycles. The van der Waals surface area contributed by atoms with E-state index < -0.39 is 11.6 Å². The molecule has 0 aromatic carbocycles. The second-order valence-electron chi connectivity index (χ2n) is 13.2. The largest absolute Gasteiger partial charge is 0.458 e. The Morgan fingerprint density at radius 2 is 0.962 bits per heavy atom. The fourth-order valence-electron chi connectivity index (χ4n) is 5.15. The molecule has 16 heteroatoms. The standard InChI is InChI=1S/C36H62N2O14/c1-36(2,3)52-34(41)29-51-27-26-50-25-24-49-23-22-48-21-20-47-19-18-46-17-16-45-15-14-44-13-12-43-11-10-37-35(42)31-6-4-30(5-7-31)28-38-32(39)8-9-33(38)40/h8-9,30-31H,4-7,10-29H2,1-3H3,(H,37,42). The molecule has 1 fully saturated rings. The maximum atomic E-state index is 12.5. The van der Waals surface area contributed by atoms with Gasteiger partial charge in [0.2, 0.25) is 5.91 Å². The lowest BCUT2D eigenvalue weighted by atomic mass is 9.81. The summed E-state index contributed by atoms with van der Waals surface area (Å²) < 4.78 is 54.1. The molecule has 2 aliphatic rings. The van der Waals surface area contributed by atoms with E-state index in [9.17, 15) is 19.2 Å². The van der Waals surface area contributed by atoms with Gasteiger partial charge in [0, 0.05) is 31.2 Å². The fourth-order valence-corrected chi connectivity index (χ4v) is 5.15. The van der Waals surface area contributed by atoms with Crippen molar-refractivity contribution in [3.8, 4) is 0 Å². The van der Waals surface area contributed by atoms with Crippen LogP contribution in [0, 0.1) is 11.8 Å². The summed E-state index contributed by atoms with van der Waals surface area (Å²) in [5.41, 5.74) is -0.519. The molecule has 0 aromatic heterocycles. The number of carbonyl (C=O) groups excluding carboxylic acids is 4. The Hall–Kier alpha value is -2.54. The SMILES string of the molecule is CC(C)(C)OC(=O)COCCOCCOCCOCCOCCOCCOCCOCCOCCNC(=O)C1CCC(CN2C(=O)C=CC2=O)CC1. The molecule has 1 saturated carbocycles. The van der Waals surface area contributed by atoms with Crippen LogP contribution in [0.25, 0.3) is 0 Å². The molecule has 1 N–H and O–H groups in total. The number of imide groups is 1. The molecule has 0 aromatic rings. The monoisotopic (exact) mass is 746 g/mol. The van der Waals surface area contributed by atoms with Crippen LogP contribution in [0.4, 0.5) is 0 Å². The van der Waals surface area contributed by atoms with Crippen LogP contribution >= 0.6 is 0 Å². The van der Waals surface area contributed by atoms with Gasteiger partial charge < -0.3 is 52.7 Å². The first-order valence-corrected chi connectivity index (χ1v) is 18.4. The van der Waals surface area contributed by atoms with E-state index in [4.69, 9.17) is 47.4 Å². The van der Waals surface area contributed by atoms with Crippen LogP contribution in [-0.2, 0) is 66.5 Å².